The van der Waals surface area contributed by atoms with Crippen molar-refractivity contribution in [3.8, 4) is 23.3 Å². The highest BCUT2D eigenvalue weighted by Crippen LogP contribution is 2.40. The third-order valence-corrected chi connectivity index (χ3v) is 7.77. The minimum atomic E-state index is -0.0297. The predicted molar refractivity (Wildman–Crippen MR) is 177 cm³/mol. The first-order valence-electron chi connectivity index (χ1n) is 14.2. The minimum Gasteiger partial charge on any atom is -0.497 e. The van der Waals surface area contributed by atoms with Gasteiger partial charge in [-0.15, -0.1) is 0 Å². The molecule has 0 spiro atoms. The molecular weight excluding hydrogens is 526 g/mol. The molecule has 43 heavy (non-hydrogen) atoms. The molecule has 204 valence electrons. The highest BCUT2D eigenvalue weighted by atomic mass is 16.5. The van der Waals surface area contributed by atoms with Gasteiger partial charge in [-0.2, -0.15) is 0 Å². The van der Waals surface area contributed by atoms with Crippen molar-refractivity contribution >= 4 is 44.8 Å². The van der Waals surface area contributed by atoms with E-state index >= 15 is 0 Å². The van der Waals surface area contributed by atoms with E-state index in [1.54, 1.807) is 13.2 Å². The summed E-state index contributed by atoms with van der Waals surface area (Å²) in [5.74, 6) is 7.38. The smallest absolute Gasteiger partial charge is 0.186 e. The average Bonchev–Trinajstić information content (AvgIpc) is 3.41. The molecule has 0 fully saturated rings. The largest absolute Gasteiger partial charge is 0.497 e. The number of methoxy groups -OCH3 is 1. The second-order valence-electron chi connectivity index (χ2n) is 10.3. The lowest BCUT2D eigenvalue weighted by Gasteiger charge is -2.16. The van der Waals surface area contributed by atoms with Crippen molar-refractivity contribution in [2.45, 2.75) is 0 Å². The molecule has 0 atom stereocenters. The van der Waals surface area contributed by atoms with Gasteiger partial charge in [0.25, 0.3) is 0 Å². The van der Waals surface area contributed by atoms with Crippen LogP contribution < -0.4 is 4.74 Å². The van der Waals surface area contributed by atoms with Gasteiger partial charge in [0.15, 0.2) is 5.78 Å². The van der Waals surface area contributed by atoms with Gasteiger partial charge in [-0.3, -0.25) is 4.79 Å². The number of allylic oxidation sites excluding steroid dienone is 5. The third kappa shape index (κ3) is 4.86. The highest BCUT2D eigenvalue weighted by Gasteiger charge is 2.24. The zero-order chi connectivity index (χ0) is 29.2. The van der Waals surface area contributed by atoms with E-state index in [0.29, 0.717) is 5.57 Å². The Balaban J connectivity index is 1.46. The van der Waals surface area contributed by atoms with Gasteiger partial charge in [0.2, 0.25) is 0 Å². The zero-order valence-electron chi connectivity index (χ0n) is 23.6. The number of para-hydroxylation sites is 2. The fourth-order valence-electron chi connectivity index (χ4n) is 5.71. The summed E-state index contributed by atoms with van der Waals surface area (Å²) in [7, 11) is 1.65. The van der Waals surface area contributed by atoms with Crippen LogP contribution in [-0.4, -0.2) is 17.5 Å². The minimum absolute atomic E-state index is 0.0297. The predicted octanol–water partition coefficient (Wildman–Crippen LogP) is 8.91. The maximum Gasteiger partial charge on any atom is 0.186 e. The van der Waals surface area contributed by atoms with Gasteiger partial charge in [0, 0.05) is 38.7 Å². The summed E-state index contributed by atoms with van der Waals surface area (Å²) < 4.78 is 7.65. The van der Waals surface area contributed by atoms with Crippen molar-refractivity contribution < 1.29 is 9.53 Å². The molecule has 0 unspecified atom stereocenters. The average molecular weight is 554 g/mol. The number of rotatable bonds is 4. The quantitative estimate of drug-likeness (QED) is 0.161. The molecule has 1 aliphatic rings. The van der Waals surface area contributed by atoms with Gasteiger partial charge in [-0.25, -0.2) is 0 Å². The number of hydrogen-bond acceptors (Lipinski definition) is 2. The zero-order valence-corrected chi connectivity index (χ0v) is 23.6. The first-order valence-corrected chi connectivity index (χ1v) is 14.2. The lowest BCUT2D eigenvalue weighted by atomic mass is 9.87. The second kappa shape index (κ2) is 11.2. The van der Waals surface area contributed by atoms with Crippen LogP contribution in [0.15, 0.2) is 140 Å². The van der Waals surface area contributed by atoms with Crippen LogP contribution in [0.1, 0.15) is 22.3 Å². The van der Waals surface area contributed by atoms with E-state index in [1.807, 2.05) is 91.0 Å². The van der Waals surface area contributed by atoms with E-state index in [2.05, 4.69) is 64.9 Å². The lowest BCUT2D eigenvalue weighted by molar-refractivity contribution is -0.109. The van der Waals surface area contributed by atoms with Crippen LogP contribution in [0.4, 0.5) is 0 Å². The Bertz CT molecular complexity index is 2150. The molecule has 0 N–H and O–H groups in total. The normalized spacial score (nSPS) is 13.7. The molecule has 1 aliphatic carbocycles. The Hall–Kier alpha value is -5.85. The molecule has 0 radical (unpaired) electrons. The lowest BCUT2D eigenvalue weighted by Crippen LogP contribution is -2.05. The number of carbonyl (C=O) groups excluding carboxylic acids is 1. The van der Waals surface area contributed by atoms with Gasteiger partial charge < -0.3 is 9.30 Å². The van der Waals surface area contributed by atoms with E-state index in [-0.39, 0.29) is 5.78 Å². The maximum atomic E-state index is 13.6. The topological polar surface area (TPSA) is 31.2 Å². The molecule has 6 aromatic rings. The van der Waals surface area contributed by atoms with Crippen molar-refractivity contribution in [1.29, 1.82) is 0 Å². The van der Waals surface area contributed by atoms with E-state index in [9.17, 15) is 4.79 Å². The molecule has 1 heterocycles. The molecule has 3 heteroatoms. The number of fused-ring (bicyclic) bond motifs is 5. The summed E-state index contributed by atoms with van der Waals surface area (Å²) in [4.78, 5) is 13.6. The standard InChI is InChI=1S/C40H27NO2/c1-43-33-23-18-30(19-24-33)29(17-16-28-10-4-2-5-11-28)20-25-35-38(42)27-22-31-21-26-37-40(39(31)35)34-14-8-9-15-36(34)41(37)32-12-6-3-7-13-32/h2-15,18-27H,1H3/b29-20+,35-25+. The van der Waals surface area contributed by atoms with Gasteiger partial charge in [0.1, 0.15) is 5.75 Å². The van der Waals surface area contributed by atoms with Gasteiger partial charge in [0.05, 0.1) is 18.1 Å². The SMILES string of the molecule is COc1ccc(/C(C#Cc2ccccc2)=C/C=C2\C(=O)C=Cc3ccc4c(c32)c2ccccc2n4-c2ccccc2)cc1. The molecule has 5 aromatic carbocycles. The molecule has 0 saturated carbocycles. The van der Waals surface area contributed by atoms with Crippen LogP contribution >= 0.6 is 0 Å². The Morgan fingerprint density at radius 2 is 1.47 bits per heavy atom. The summed E-state index contributed by atoms with van der Waals surface area (Å²) in [6.07, 6.45) is 7.47. The monoisotopic (exact) mass is 553 g/mol. The molecule has 0 bridgehead atoms. The number of ether oxygens (including phenoxy) is 1. The Morgan fingerprint density at radius 1 is 0.744 bits per heavy atom. The van der Waals surface area contributed by atoms with Gasteiger partial charge in [-0.1, -0.05) is 90.7 Å². The maximum absolute atomic E-state index is 13.6. The van der Waals surface area contributed by atoms with Gasteiger partial charge in [-0.05, 0) is 77.9 Å². The summed E-state index contributed by atoms with van der Waals surface area (Å²) in [5, 5.41) is 2.17. The first-order chi connectivity index (χ1) is 21.2. The van der Waals surface area contributed by atoms with E-state index < -0.39 is 0 Å². The van der Waals surface area contributed by atoms with Crippen molar-refractivity contribution in [2.75, 3.05) is 7.11 Å². The van der Waals surface area contributed by atoms with Crippen LogP contribution in [0.3, 0.4) is 0 Å². The summed E-state index contributed by atoms with van der Waals surface area (Å²) in [6.45, 7) is 0. The van der Waals surface area contributed by atoms with Crippen molar-refractivity contribution in [1.82, 2.24) is 4.57 Å². The van der Waals surface area contributed by atoms with E-state index in [0.717, 1.165) is 61.1 Å². The fourth-order valence-corrected chi connectivity index (χ4v) is 5.71. The summed E-state index contributed by atoms with van der Waals surface area (Å²) >= 11 is 0. The Kier molecular flexibility index (Phi) is 6.79. The molecule has 1 aromatic heterocycles. The van der Waals surface area contributed by atoms with Crippen molar-refractivity contribution in [2.24, 2.45) is 0 Å². The molecule has 0 amide bonds. The third-order valence-electron chi connectivity index (χ3n) is 7.77. The second-order valence-corrected chi connectivity index (χ2v) is 10.3. The van der Waals surface area contributed by atoms with Gasteiger partial charge >= 0.3 is 0 Å². The number of aromatic nitrogens is 1. The Labute approximate surface area is 250 Å². The first kappa shape index (κ1) is 26.1. The van der Waals surface area contributed by atoms with E-state index in [1.165, 1.54) is 0 Å². The summed E-state index contributed by atoms with van der Waals surface area (Å²) in [6, 6.07) is 40.7. The number of carbonyl (C=O) groups is 1. The molecule has 0 saturated heterocycles. The number of ketones is 1. The van der Waals surface area contributed by atoms with Crippen LogP contribution in [0.2, 0.25) is 0 Å². The van der Waals surface area contributed by atoms with Crippen LogP contribution in [0.25, 0.3) is 44.7 Å². The van der Waals surface area contributed by atoms with Crippen LogP contribution in [0, 0.1) is 11.8 Å². The number of nitrogens with zero attached hydrogens (tertiary/aromatic N) is 1. The fraction of sp³-hybridized carbons (Fsp3) is 0.0250. The number of benzene rings is 5. The summed E-state index contributed by atoms with van der Waals surface area (Å²) in [5.41, 5.74) is 8.51. The van der Waals surface area contributed by atoms with Crippen LogP contribution in [-0.2, 0) is 4.79 Å². The molecule has 7 rings (SSSR count). The highest BCUT2D eigenvalue weighted by molar-refractivity contribution is 6.34. The Morgan fingerprint density at radius 3 is 2.23 bits per heavy atom. The number of hydrogen-bond donors (Lipinski definition) is 0. The van der Waals surface area contributed by atoms with Crippen molar-refractivity contribution in [3.63, 3.8) is 0 Å². The van der Waals surface area contributed by atoms with E-state index in [4.69, 9.17) is 4.74 Å². The molecule has 0 aliphatic heterocycles. The van der Waals surface area contributed by atoms with Crippen LogP contribution in [0.5, 0.6) is 5.75 Å². The molecule has 3 nitrogen and oxygen atoms in total. The van der Waals surface area contributed by atoms with Crippen molar-refractivity contribution in [3.05, 3.63) is 162 Å². The molecular formula is C40H27NO2.